The predicted molar refractivity (Wildman–Crippen MR) is 91.3 cm³/mol. The molecule has 4 atom stereocenters. The number of primary amides is 1. The number of nitrogens with two attached hydrogens (primary N) is 1. The van der Waals surface area contributed by atoms with Gasteiger partial charge in [0.05, 0.1) is 12.6 Å². The largest absolute Gasteiger partial charge is 0.386 e. The quantitative estimate of drug-likeness (QED) is 0.740. The van der Waals surface area contributed by atoms with Crippen molar-refractivity contribution in [3.05, 3.63) is 71.8 Å². The normalized spacial score (nSPS) is 24.3. The first kappa shape index (κ1) is 17.1. The van der Waals surface area contributed by atoms with Gasteiger partial charge in [-0.25, -0.2) is 0 Å². The summed E-state index contributed by atoms with van der Waals surface area (Å²) in [4.78, 5) is 25.1. The number of carbonyl (C=O) groups is 2. The number of rotatable bonds is 5. The van der Waals surface area contributed by atoms with Crippen LogP contribution in [0.1, 0.15) is 23.1 Å². The SMILES string of the molecule is NC(=O)CN1C(=O)[C@@H](O)[C@H](c2ccccc2)[C@@H]1[C@@H](O)c1ccccc1. The van der Waals surface area contributed by atoms with Crippen molar-refractivity contribution in [3.8, 4) is 0 Å². The smallest absolute Gasteiger partial charge is 0.252 e. The third-order valence-electron chi connectivity index (χ3n) is 4.58. The summed E-state index contributed by atoms with van der Waals surface area (Å²) in [5.74, 6) is -1.96. The molecule has 2 aromatic rings. The van der Waals surface area contributed by atoms with Gasteiger partial charge in [-0.05, 0) is 11.1 Å². The maximum atomic E-state index is 12.5. The van der Waals surface area contributed by atoms with E-state index in [1.54, 1.807) is 48.5 Å². The summed E-state index contributed by atoms with van der Waals surface area (Å²) in [5, 5.41) is 21.4. The Labute approximate surface area is 145 Å². The molecule has 0 unspecified atom stereocenters. The van der Waals surface area contributed by atoms with E-state index in [0.29, 0.717) is 5.56 Å². The average molecular weight is 340 g/mol. The van der Waals surface area contributed by atoms with E-state index >= 15 is 0 Å². The third-order valence-corrected chi connectivity index (χ3v) is 4.58. The number of aliphatic hydroxyl groups is 2. The van der Waals surface area contributed by atoms with Gasteiger partial charge in [-0.1, -0.05) is 60.7 Å². The Morgan fingerprint density at radius 2 is 1.64 bits per heavy atom. The van der Waals surface area contributed by atoms with Gasteiger partial charge in [0.1, 0.15) is 12.2 Å². The molecule has 2 aromatic carbocycles. The summed E-state index contributed by atoms with van der Waals surface area (Å²) >= 11 is 0. The van der Waals surface area contributed by atoms with Crippen molar-refractivity contribution in [2.45, 2.75) is 24.2 Å². The highest BCUT2D eigenvalue weighted by molar-refractivity contribution is 5.89. The number of likely N-dealkylation sites (tertiary alicyclic amines) is 1. The molecule has 25 heavy (non-hydrogen) atoms. The van der Waals surface area contributed by atoms with Crippen molar-refractivity contribution in [2.24, 2.45) is 5.73 Å². The zero-order valence-corrected chi connectivity index (χ0v) is 13.5. The van der Waals surface area contributed by atoms with Crippen LogP contribution in [0.25, 0.3) is 0 Å². The summed E-state index contributed by atoms with van der Waals surface area (Å²) < 4.78 is 0. The van der Waals surface area contributed by atoms with E-state index in [1.807, 2.05) is 12.1 Å². The first-order chi connectivity index (χ1) is 12.0. The van der Waals surface area contributed by atoms with E-state index in [2.05, 4.69) is 0 Å². The van der Waals surface area contributed by atoms with Crippen LogP contribution in [0.3, 0.4) is 0 Å². The highest BCUT2D eigenvalue weighted by Crippen LogP contribution is 2.40. The molecule has 2 amide bonds. The second kappa shape index (κ2) is 7.04. The molecule has 130 valence electrons. The van der Waals surface area contributed by atoms with Crippen LogP contribution in [0.5, 0.6) is 0 Å². The molecule has 4 N–H and O–H groups in total. The molecule has 6 nitrogen and oxygen atoms in total. The lowest BCUT2D eigenvalue weighted by atomic mass is 9.85. The van der Waals surface area contributed by atoms with E-state index in [-0.39, 0.29) is 6.54 Å². The molecule has 1 heterocycles. The molecule has 3 rings (SSSR count). The number of aliphatic hydroxyl groups excluding tert-OH is 2. The van der Waals surface area contributed by atoms with E-state index in [4.69, 9.17) is 5.73 Å². The minimum Gasteiger partial charge on any atom is -0.386 e. The fraction of sp³-hybridized carbons (Fsp3) is 0.263. The second-order valence-electron chi connectivity index (χ2n) is 6.16. The van der Waals surface area contributed by atoms with E-state index < -0.39 is 36.0 Å². The van der Waals surface area contributed by atoms with Gasteiger partial charge in [0.15, 0.2) is 0 Å². The minimum atomic E-state index is -1.34. The molecule has 0 aliphatic carbocycles. The third kappa shape index (κ3) is 3.26. The number of amides is 2. The van der Waals surface area contributed by atoms with E-state index in [9.17, 15) is 19.8 Å². The van der Waals surface area contributed by atoms with Gasteiger partial charge in [-0.15, -0.1) is 0 Å². The van der Waals surface area contributed by atoms with Crippen LogP contribution in [0.4, 0.5) is 0 Å². The van der Waals surface area contributed by atoms with Crippen LogP contribution in [-0.2, 0) is 9.59 Å². The van der Waals surface area contributed by atoms with Gasteiger partial charge in [-0.2, -0.15) is 0 Å². The van der Waals surface area contributed by atoms with Crippen molar-refractivity contribution >= 4 is 11.8 Å². The molecule has 0 spiro atoms. The average Bonchev–Trinajstić information content (AvgIpc) is 2.87. The second-order valence-corrected chi connectivity index (χ2v) is 6.16. The summed E-state index contributed by atoms with van der Waals surface area (Å²) in [6.07, 6.45) is -2.41. The summed E-state index contributed by atoms with van der Waals surface area (Å²) in [6.45, 7) is -0.353. The van der Waals surface area contributed by atoms with E-state index in [0.717, 1.165) is 5.56 Å². The Morgan fingerprint density at radius 1 is 1.08 bits per heavy atom. The molecular weight excluding hydrogens is 320 g/mol. The lowest BCUT2D eigenvalue weighted by Crippen LogP contribution is -2.44. The number of nitrogens with zero attached hydrogens (tertiary/aromatic N) is 1. The van der Waals surface area contributed by atoms with Crippen LogP contribution in [0.2, 0.25) is 0 Å². The van der Waals surface area contributed by atoms with Gasteiger partial charge >= 0.3 is 0 Å². The number of hydrogen-bond acceptors (Lipinski definition) is 4. The van der Waals surface area contributed by atoms with E-state index in [1.165, 1.54) is 4.90 Å². The van der Waals surface area contributed by atoms with Crippen molar-refractivity contribution in [2.75, 3.05) is 6.54 Å². The number of carbonyl (C=O) groups excluding carboxylic acids is 2. The molecule has 0 radical (unpaired) electrons. The van der Waals surface area contributed by atoms with Crippen LogP contribution in [0, 0.1) is 0 Å². The molecule has 1 saturated heterocycles. The highest BCUT2D eigenvalue weighted by atomic mass is 16.3. The van der Waals surface area contributed by atoms with Crippen LogP contribution < -0.4 is 5.73 Å². The molecule has 0 aromatic heterocycles. The highest BCUT2D eigenvalue weighted by Gasteiger charge is 2.51. The number of benzene rings is 2. The monoisotopic (exact) mass is 340 g/mol. The van der Waals surface area contributed by atoms with Crippen LogP contribution >= 0.6 is 0 Å². The Kier molecular flexibility index (Phi) is 4.83. The van der Waals surface area contributed by atoms with Gasteiger partial charge in [0, 0.05) is 5.92 Å². The van der Waals surface area contributed by atoms with Crippen LogP contribution in [-0.4, -0.2) is 45.6 Å². The maximum Gasteiger partial charge on any atom is 0.252 e. The van der Waals surface area contributed by atoms with Crippen LogP contribution in [0.15, 0.2) is 60.7 Å². The molecule has 1 aliphatic rings. The molecule has 0 bridgehead atoms. The first-order valence-electron chi connectivity index (χ1n) is 8.05. The molecule has 1 aliphatic heterocycles. The summed E-state index contributed by atoms with van der Waals surface area (Å²) in [6, 6.07) is 17.1. The van der Waals surface area contributed by atoms with Gasteiger partial charge in [0.2, 0.25) is 5.91 Å². The Balaban J connectivity index is 2.05. The van der Waals surface area contributed by atoms with Gasteiger partial charge in [-0.3, -0.25) is 9.59 Å². The molecule has 1 fully saturated rings. The van der Waals surface area contributed by atoms with Gasteiger partial charge < -0.3 is 20.8 Å². The van der Waals surface area contributed by atoms with Crippen molar-refractivity contribution in [1.82, 2.24) is 4.90 Å². The molecular formula is C19H20N2O4. The Hall–Kier alpha value is -2.70. The lowest BCUT2D eigenvalue weighted by Gasteiger charge is -2.31. The van der Waals surface area contributed by atoms with Crippen molar-refractivity contribution in [3.63, 3.8) is 0 Å². The minimum absolute atomic E-state index is 0.353. The molecule has 6 heteroatoms. The fourth-order valence-corrected chi connectivity index (χ4v) is 3.47. The Bertz CT molecular complexity index is 751. The summed E-state index contributed by atoms with van der Waals surface area (Å²) in [7, 11) is 0. The first-order valence-corrected chi connectivity index (χ1v) is 8.05. The van der Waals surface area contributed by atoms with Crippen molar-refractivity contribution < 1.29 is 19.8 Å². The van der Waals surface area contributed by atoms with Crippen molar-refractivity contribution in [1.29, 1.82) is 0 Å². The Morgan fingerprint density at radius 3 is 2.20 bits per heavy atom. The summed E-state index contributed by atoms with van der Waals surface area (Å²) in [5.41, 5.74) is 6.59. The van der Waals surface area contributed by atoms with Gasteiger partial charge in [0.25, 0.3) is 5.91 Å². The lowest BCUT2D eigenvalue weighted by molar-refractivity contribution is -0.139. The topological polar surface area (TPSA) is 104 Å². The fourth-order valence-electron chi connectivity index (χ4n) is 3.47. The predicted octanol–water partition coefficient (Wildman–Crippen LogP) is 0.561. The maximum absolute atomic E-state index is 12.5. The zero-order valence-electron chi connectivity index (χ0n) is 13.5. The standard InChI is InChI=1S/C19H20N2O4/c20-14(22)11-21-16(17(23)13-9-5-2-6-10-13)15(18(24)19(21)25)12-7-3-1-4-8-12/h1-10,15-18,23-24H,11H2,(H2,20,22)/t15-,16-,17+,18+/m1/s1. The number of hydrogen-bond donors (Lipinski definition) is 3. The zero-order chi connectivity index (χ0) is 18.0. The molecule has 0 saturated carbocycles.